The Bertz CT molecular complexity index is 385. The number of nitrogens with zero attached hydrogens (tertiary/aromatic N) is 2. The van der Waals surface area contributed by atoms with E-state index in [1.165, 1.54) is 22.0 Å². The maximum absolute atomic E-state index is 3.88. The molecule has 15 heavy (non-hydrogen) atoms. The average Bonchev–Trinajstić information content (AvgIpc) is 2.81. The summed E-state index contributed by atoms with van der Waals surface area (Å²) in [5.41, 5.74) is 1.32. The summed E-state index contributed by atoms with van der Waals surface area (Å²) < 4.78 is 3.88. The lowest BCUT2D eigenvalue weighted by molar-refractivity contribution is 0.601. The van der Waals surface area contributed by atoms with Crippen LogP contribution in [0.5, 0.6) is 0 Å². The molecule has 1 atom stereocenters. The fraction of sp³-hybridized carbons (Fsp3) is 0.273. The number of aromatic nitrogens is 2. The van der Waals surface area contributed by atoms with Crippen LogP contribution in [0.1, 0.15) is 16.5 Å². The molecule has 0 aliphatic carbocycles. The van der Waals surface area contributed by atoms with Crippen LogP contribution in [-0.4, -0.2) is 16.6 Å². The highest BCUT2D eigenvalue weighted by Crippen LogP contribution is 2.19. The molecule has 1 heterocycles. The van der Waals surface area contributed by atoms with E-state index in [0.717, 1.165) is 6.42 Å². The van der Waals surface area contributed by atoms with Gasteiger partial charge in [0.2, 0.25) is 0 Å². The molecule has 0 fully saturated rings. The number of hydrogen-bond donors (Lipinski definition) is 1. The lowest BCUT2D eigenvalue weighted by Crippen LogP contribution is -2.17. The highest BCUT2D eigenvalue weighted by molar-refractivity contribution is 7.05. The Hall–Kier alpha value is -1.26. The number of rotatable bonds is 4. The van der Waals surface area contributed by atoms with Crippen molar-refractivity contribution >= 4 is 11.5 Å². The molecule has 4 heteroatoms. The fourth-order valence-corrected chi connectivity index (χ4v) is 2.13. The predicted octanol–water partition coefficient (Wildman–Crippen LogP) is 2.04. The Morgan fingerprint density at radius 1 is 1.33 bits per heavy atom. The molecule has 1 unspecified atom stereocenters. The molecule has 2 rings (SSSR count). The number of likely N-dealkylation sites (N-methyl/N-ethyl adjacent to an activating group) is 1. The average molecular weight is 219 g/mol. The van der Waals surface area contributed by atoms with Crippen molar-refractivity contribution in [1.29, 1.82) is 0 Å². The van der Waals surface area contributed by atoms with E-state index in [1.54, 1.807) is 0 Å². The van der Waals surface area contributed by atoms with Crippen LogP contribution in [0, 0.1) is 0 Å². The third kappa shape index (κ3) is 2.61. The van der Waals surface area contributed by atoms with Gasteiger partial charge in [0.1, 0.15) is 0 Å². The summed E-state index contributed by atoms with van der Waals surface area (Å²) in [6, 6.07) is 10.7. The topological polar surface area (TPSA) is 37.8 Å². The zero-order chi connectivity index (χ0) is 10.5. The van der Waals surface area contributed by atoms with Crippen LogP contribution in [0.3, 0.4) is 0 Å². The summed E-state index contributed by atoms with van der Waals surface area (Å²) in [5.74, 6) is 0. The smallest absolute Gasteiger partial charge is 0.0669 e. The lowest BCUT2D eigenvalue weighted by atomic mass is 10.1. The molecule has 0 aliphatic rings. The third-order valence-electron chi connectivity index (χ3n) is 2.35. The molecule has 0 aliphatic heterocycles. The van der Waals surface area contributed by atoms with Gasteiger partial charge in [-0.25, -0.2) is 0 Å². The molecule has 1 N–H and O–H groups in total. The Labute approximate surface area is 93.3 Å². The molecule has 1 aromatic heterocycles. The van der Waals surface area contributed by atoms with Crippen molar-refractivity contribution < 1.29 is 0 Å². The Balaban J connectivity index is 2.10. The number of benzene rings is 1. The van der Waals surface area contributed by atoms with Crippen molar-refractivity contribution in [1.82, 2.24) is 14.9 Å². The van der Waals surface area contributed by atoms with Crippen molar-refractivity contribution in [3.63, 3.8) is 0 Å². The van der Waals surface area contributed by atoms with Crippen LogP contribution >= 0.6 is 11.5 Å². The molecule has 0 saturated heterocycles. The normalized spacial score (nSPS) is 12.6. The molecule has 0 saturated carbocycles. The van der Waals surface area contributed by atoms with Crippen molar-refractivity contribution in [2.24, 2.45) is 0 Å². The monoisotopic (exact) mass is 219 g/mol. The van der Waals surface area contributed by atoms with Gasteiger partial charge < -0.3 is 5.32 Å². The zero-order valence-electron chi connectivity index (χ0n) is 8.55. The van der Waals surface area contributed by atoms with Crippen LogP contribution in [0.15, 0.2) is 36.5 Å². The molecule has 1 aromatic carbocycles. The Morgan fingerprint density at radius 3 is 2.73 bits per heavy atom. The van der Waals surface area contributed by atoms with Gasteiger partial charge in [-0.05, 0) is 30.6 Å². The quantitative estimate of drug-likeness (QED) is 0.855. The van der Waals surface area contributed by atoms with Gasteiger partial charge in [0, 0.05) is 6.04 Å². The Kier molecular flexibility index (Phi) is 3.42. The van der Waals surface area contributed by atoms with E-state index in [4.69, 9.17) is 0 Å². The molecular weight excluding hydrogens is 206 g/mol. The summed E-state index contributed by atoms with van der Waals surface area (Å²) in [5, 5.41) is 7.14. The molecule has 2 aromatic rings. The maximum Gasteiger partial charge on any atom is 0.0669 e. The van der Waals surface area contributed by atoms with Gasteiger partial charge in [0.05, 0.1) is 11.1 Å². The standard InChI is InChI=1S/C11H13N3S/c1-12-10(11-8-13-14-15-11)7-9-5-3-2-4-6-9/h2-6,8,10,12H,7H2,1H3. The summed E-state index contributed by atoms with van der Waals surface area (Å²) >= 11 is 1.45. The molecule has 0 amide bonds. The molecule has 0 radical (unpaired) electrons. The van der Waals surface area contributed by atoms with E-state index in [-0.39, 0.29) is 0 Å². The van der Waals surface area contributed by atoms with Crippen molar-refractivity contribution in [3.05, 3.63) is 47.0 Å². The maximum atomic E-state index is 3.88. The van der Waals surface area contributed by atoms with E-state index >= 15 is 0 Å². The summed E-state index contributed by atoms with van der Waals surface area (Å²) in [6.07, 6.45) is 2.80. The minimum Gasteiger partial charge on any atom is -0.312 e. The number of nitrogens with one attached hydrogen (secondary N) is 1. The second kappa shape index (κ2) is 5.00. The van der Waals surface area contributed by atoms with Gasteiger partial charge in [-0.3, -0.25) is 0 Å². The van der Waals surface area contributed by atoms with E-state index in [9.17, 15) is 0 Å². The number of hydrogen-bond acceptors (Lipinski definition) is 4. The second-order valence-electron chi connectivity index (χ2n) is 3.35. The van der Waals surface area contributed by atoms with Crippen molar-refractivity contribution in [2.45, 2.75) is 12.5 Å². The highest BCUT2D eigenvalue weighted by Gasteiger charge is 2.11. The first-order chi connectivity index (χ1) is 7.40. The van der Waals surface area contributed by atoms with Crippen LogP contribution in [0.4, 0.5) is 0 Å². The van der Waals surface area contributed by atoms with Crippen LogP contribution < -0.4 is 5.32 Å². The van der Waals surface area contributed by atoms with Gasteiger partial charge >= 0.3 is 0 Å². The molecule has 0 bridgehead atoms. The molecule has 3 nitrogen and oxygen atoms in total. The first-order valence-corrected chi connectivity index (χ1v) is 5.66. The molecular formula is C11H13N3S. The molecule has 78 valence electrons. The second-order valence-corrected chi connectivity index (χ2v) is 4.17. The van der Waals surface area contributed by atoms with Crippen molar-refractivity contribution in [3.8, 4) is 0 Å². The minimum absolute atomic E-state index is 0.312. The van der Waals surface area contributed by atoms with Crippen LogP contribution in [0.2, 0.25) is 0 Å². The van der Waals surface area contributed by atoms with E-state index < -0.39 is 0 Å². The minimum atomic E-state index is 0.312. The van der Waals surface area contributed by atoms with Crippen LogP contribution in [0.25, 0.3) is 0 Å². The van der Waals surface area contributed by atoms with Crippen molar-refractivity contribution in [2.75, 3.05) is 7.05 Å². The first-order valence-electron chi connectivity index (χ1n) is 4.88. The fourth-order valence-electron chi connectivity index (χ4n) is 1.52. The van der Waals surface area contributed by atoms with Gasteiger partial charge in [-0.2, -0.15) is 0 Å². The zero-order valence-corrected chi connectivity index (χ0v) is 9.37. The summed E-state index contributed by atoms with van der Waals surface area (Å²) in [7, 11) is 1.97. The van der Waals surface area contributed by atoms with Gasteiger partial charge in [0.25, 0.3) is 0 Å². The summed E-state index contributed by atoms with van der Waals surface area (Å²) in [4.78, 5) is 1.18. The highest BCUT2D eigenvalue weighted by atomic mass is 32.1. The SMILES string of the molecule is CNC(Cc1ccccc1)c1cnns1. The lowest BCUT2D eigenvalue weighted by Gasteiger charge is -2.13. The van der Waals surface area contributed by atoms with Gasteiger partial charge in [-0.15, -0.1) is 5.10 Å². The van der Waals surface area contributed by atoms with E-state index in [0.29, 0.717) is 6.04 Å². The summed E-state index contributed by atoms with van der Waals surface area (Å²) in [6.45, 7) is 0. The first kappa shape index (κ1) is 10.3. The van der Waals surface area contributed by atoms with E-state index in [2.05, 4.69) is 39.2 Å². The van der Waals surface area contributed by atoms with Gasteiger partial charge in [-0.1, -0.05) is 34.8 Å². The van der Waals surface area contributed by atoms with Crippen LogP contribution in [-0.2, 0) is 6.42 Å². The Morgan fingerprint density at radius 2 is 2.13 bits per heavy atom. The third-order valence-corrected chi connectivity index (χ3v) is 3.13. The predicted molar refractivity (Wildman–Crippen MR) is 61.9 cm³/mol. The van der Waals surface area contributed by atoms with E-state index in [1.807, 2.05) is 19.3 Å². The largest absolute Gasteiger partial charge is 0.312 e. The molecule has 0 spiro atoms. The van der Waals surface area contributed by atoms with Gasteiger partial charge in [0.15, 0.2) is 0 Å².